The molecule has 0 radical (unpaired) electrons. The van der Waals surface area contributed by atoms with Gasteiger partial charge in [-0.1, -0.05) is 48.9 Å². The van der Waals surface area contributed by atoms with Crippen LogP contribution in [0.1, 0.15) is 42.9 Å². The third-order valence-corrected chi connectivity index (χ3v) is 5.84. The smallest absolute Gasteiger partial charge is 0.230 e. The Morgan fingerprint density at radius 3 is 2.71 bits per heavy atom. The molecule has 1 saturated carbocycles. The van der Waals surface area contributed by atoms with Gasteiger partial charge in [0.2, 0.25) is 11.1 Å². The van der Waals surface area contributed by atoms with E-state index in [2.05, 4.69) is 38.0 Å². The Morgan fingerprint density at radius 2 is 1.96 bits per heavy atom. The number of tetrazole rings is 1. The van der Waals surface area contributed by atoms with Crippen LogP contribution in [0.15, 0.2) is 48.1 Å². The zero-order valence-electron chi connectivity index (χ0n) is 15.6. The molecule has 1 fully saturated rings. The lowest BCUT2D eigenvalue weighted by Crippen LogP contribution is -2.24. The first-order chi connectivity index (χ1) is 13.8. The van der Waals surface area contributed by atoms with Crippen molar-refractivity contribution in [2.24, 2.45) is 0 Å². The van der Waals surface area contributed by atoms with Gasteiger partial charge >= 0.3 is 0 Å². The topological polar surface area (TPSA) is 90.5 Å². The minimum Gasteiger partial charge on any atom is -0.351 e. The number of hydrogen-bond donors (Lipinski definition) is 1. The largest absolute Gasteiger partial charge is 0.351 e. The van der Waals surface area contributed by atoms with E-state index < -0.39 is 0 Å². The molecule has 1 aromatic carbocycles. The number of amides is 1. The molecule has 146 valence electrons. The monoisotopic (exact) mass is 397 g/mol. The molecule has 4 rings (SSSR count). The number of rotatable bonds is 8. The van der Waals surface area contributed by atoms with Crippen molar-refractivity contribution in [3.8, 4) is 0 Å². The average Bonchev–Trinajstić information content (AvgIpc) is 3.47. The van der Waals surface area contributed by atoms with Gasteiger partial charge in [0.05, 0.1) is 18.1 Å². The molecular weight excluding hydrogens is 374 g/mol. The predicted octanol–water partition coefficient (Wildman–Crippen LogP) is 2.44. The molecule has 0 saturated heterocycles. The van der Waals surface area contributed by atoms with E-state index in [4.69, 9.17) is 0 Å². The molecule has 1 amide bonds. The first-order valence-corrected chi connectivity index (χ1v) is 10.5. The lowest BCUT2D eigenvalue weighted by atomic mass is 10.1. The van der Waals surface area contributed by atoms with Gasteiger partial charge in [-0.25, -0.2) is 9.67 Å². The van der Waals surface area contributed by atoms with Gasteiger partial charge in [-0.2, -0.15) is 0 Å². The van der Waals surface area contributed by atoms with Crippen molar-refractivity contribution in [3.05, 3.63) is 54.1 Å². The molecule has 0 spiro atoms. The number of aromatic nitrogens is 6. The summed E-state index contributed by atoms with van der Waals surface area (Å²) in [5.41, 5.74) is 2.27. The molecule has 0 bridgehead atoms. The standard InChI is InChI=1S/C19H23N7OS/c27-18(13-28-19-22-23-24-26(19)17-3-1-2-4-17)21-11-15-5-7-16(8-6-15)12-25-10-9-20-14-25/h5-10,14,17H,1-4,11-13H2,(H,21,27). The molecule has 1 aliphatic rings. The Hall–Kier alpha value is -2.68. The van der Waals surface area contributed by atoms with Crippen LogP contribution in [0, 0.1) is 0 Å². The van der Waals surface area contributed by atoms with Crippen molar-refractivity contribution in [2.45, 2.75) is 50.0 Å². The molecule has 0 unspecified atom stereocenters. The summed E-state index contributed by atoms with van der Waals surface area (Å²) in [5.74, 6) is 0.291. The van der Waals surface area contributed by atoms with E-state index in [-0.39, 0.29) is 5.91 Å². The quantitative estimate of drug-likeness (QED) is 0.587. The summed E-state index contributed by atoms with van der Waals surface area (Å²) in [4.78, 5) is 16.3. The van der Waals surface area contributed by atoms with Crippen molar-refractivity contribution in [1.82, 2.24) is 35.1 Å². The summed E-state index contributed by atoms with van der Waals surface area (Å²) < 4.78 is 3.90. The maximum atomic E-state index is 12.2. The Bertz CT molecular complexity index is 885. The van der Waals surface area contributed by atoms with Crippen molar-refractivity contribution in [1.29, 1.82) is 0 Å². The van der Waals surface area contributed by atoms with Gasteiger partial charge in [0, 0.05) is 25.5 Å². The van der Waals surface area contributed by atoms with Gasteiger partial charge < -0.3 is 9.88 Å². The number of nitrogens with zero attached hydrogens (tertiary/aromatic N) is 6. The van der Waals surface area contributed by atoms with Crippen molar-refractivity contribution in [3.63, 3.8) is 0 Å². The van der Waals surface area contributed by atoms with Crippen LogP contribution in [-0.4, -0.2) is 41.4 Å². The third kappa shape index (κ3) is 4.78. The van der Waals surface area contributed by atoms with Crippen LogP contribution in [0.5, 0.6) is 0 Å². The fourth-order valence-corrected chi connectivity index (χ4v) is 4.17. The van der Waals surface area contributed by atoms with E-state index in [1.807, 2.05) is 27.6 Å². The van der Waals surface area contributed by atoms with Crippen molar-refractivity contribution < 1.29 is 4.79 Å². The van der Waals surface area contributed by atoms with Crippen LogP contribution in [0.4, 0.5) is 0 Å². The van der Waals surface area contributed by atoms with E-state index in [9.17, 15) is 4.79 Å². The second-order valence-corrected chi connectivity index (χ2v) is 7.90. The third-order valence-electron chi connectivity index (χ3n) is 4.90. The molecule has 0 aliphatic heterocycles. The highest BCUT2D eigenvalue weighted by molar-refractivity contribution is 7.99. The fourth-order valence-electron chi connectivity index (χ4n) is 3.39. The zero-order valence-corrected chi connectivity index (χ0v) is 16.4. The maximum Gasteiger partial charge on any atom is 0.230 e. The second-order valence-electron chi connectivity index (χ2n) is 6.96. The molecule has 1 N–H and O–H groups in total. The summed E-state index contributed by atoms with van der Waals surface area (Å²) in [6, 6.07) is 8.61. The lowest BCUT2D eigenvalue weighted by molar-refractivity contribution is -0.118. The first-order valence-electron chi connectivity index (χ1n) is 9.49. The van der Waals surface area contributed by atoms with Crippen LogP contribution in [0.2, 0.25) is 0 Å². The van der Waals surface area contributed by atoms with Gasteiger partial charge in [-0.05, 0) is 34.4 Å². The van der Waals surface area contributed by atoms with E-state index in [1.165, 1.54) is 30.2 Å². The maximum absolute atomic E-state index is 12.2. The SMILES string of the molecule is O=C(CSc1nnnn1C1CCCC1)NCc1ccc(Cn2ccnc2)cc1. The van der Waals surface area contributed by atoms with Gasteiger partial charge in [-0.15, -0.1) is 5.10 Å². The van der Waals surface area contributed by atoms with E-state index in [0.29, 0.717) is 18.3 Å². The van der Waals surface area contributed by atoms with Crippen molar-refractivity contribution >= 4 is 17.7 Å². The second kappa shape index (κ2) is 9.01. The Labute approximate surface area is 167 Å². The number of carbonyl (C=O) groups is 1. The van der Waals surface area contributed by atoms with Gasteiger partial charge in [0.25, 0.3) is 0 Å². The highest BCUT2D eigenvalue weighted by Gasteiger charge is 2.22. The van der Waals surface area contributed by atoms with Crippen LogP contribution in [0.25, 0.3) is 0 Å². The minimum atomic E-state index is -0.0199. The number of benzene rings is 1. The number of imidazole rings is 1. The van der Waals surface area contributed by atoms with Crippen molar-refractivity contribution in [2.75, 3.05) is 5.75 Å². The summed E-state index contributed by atoms with van der Waals surface area (Å²) in [5, 5.41) is 15.6. The van der Waals surface area contributed by atoms with E-state index >= 15 is 0 Å². The summed E-state index contributed by atoms with van der Waals surface area (Å²) in [6.07, 6.45) is 10.2. The molecule has 3 aromatic rings. The highest BCUT2D eigenvalue weighted by Crippen LogP contribution is 2.31. The highest BCUT2D eigenvalue weighted by atomic mass is 32.2. The minimum absolute atomic E-state index is 0.0199. The Balaban J connectivity index is 1.23. The van der Waals surface area contributed by atoms with Crippen LogP contribution < -0.4 is 5.32 Å². The van der Waals surface area contributed by atoms with Gasteiger partial charge in [-0.3, -0.25) is 4.79 Å². The molecular formula is C19H23N7OS. The summed E-state index contributed by atoms with van der Waals surface area (Å²) in [6.45, 7) is 1.30. The molecule has 8 nitrogen and oxygen atoms in total. The average molecular weight is 398 g/mol. The zero-order chi connectivity index (χ0) is 19.2. The predicted molar refractivity (Wildman–Crippen MR) is 106 cm³/mol. The summed E-state index contributed by atoms with van der Waals surface area (Å²) >= 11 is 1.39. The van der Waals surface area contributed by atoms with E-state index in [1.54, 1.807) is 12.5 Å². The number of thioether (sulfide) groups is 1. The number of nitrogens with one attached hydrogen (secondary N) is 1. The molecule has 1 aliphatic carbocycles. The van der Waals surface area contributed by atoms with E-state index in [0.717, 1.165) is 30.1 Å². The van der Waals surface area contributed by atoms with Crippen LogP contribution >= 0.6 is 11.8 Å². The molecule has 2 heterocycles. The number of hydrogen-bond acceptors (Lipinski definition) is 6. The fraction of sp³-hybridized carbons (Fsp3) is 0.421. The molecule has 28 heavy (non-hydrogen) atoms. The van der Waals surface area contributed by atoms with Gasteiger partial charge in [0.1, 0.15) is 0 Å². The first kappa shape index (κ1) is 18.7. The Morgan fingerprint density at radius 1 is 1.18 bits per heavy atom. The summed E-state index contributed by atoms with van der Waals surface area (Å²) in [7, 11) is 0. The molecule has 2 aromatic heterocycles. The lowest BCUT2D eigenvalue weighted by Gasteiger charge is -2.11. The van der Waals surface area contributed by atoms with Crippen LogP contribution in [0.3, 0.4) is 0 Å². The van der Waals surface area contributed by atoms with Crippen LogP contribution in [-0.2, 0) is 17.9 Å². The normalized spacial score (nSPS) is 14.4. The Kier molecular flexibility index (Phi) is 6.01. The molecule has 9 heteroatoms. The number of carbonyl (C=O) groups excluding carboxylic acids is 1. The molecule has 0 atom stereocenters. The van der Waals surface area contributed by atoms with Gasteiger partial charge in [0.15, 0.2) is 0 Å².